The van der Waals surface area contributed by atoms with E-state index in [4.69, 9.17) is 4.74 Å². The second kappa shape index (κ2) is 5.51. The highest BCUT2D eigenvalue weighted by Gasteiger charge is 2.09. The number of nitrogens with one attached hydrogen (secondary N) is 2. The molecule has 5 nitrogen and oxygen atoms in total. The van der Waals surface area contributed by atoms with Crippen LogP contribution in [-0.4, -0.2) is 22.4 Å². The summed E-state index contributed by atoms with van der Waals surface area (Å²) in [5.41, 5.74) is 1.46. The number of ether oxygens (including phenoxy) is 1. The van der Waals surface area contributed by atoms with Crippen LogP contribution in [0.5, 0.6) is 0 Å². The van der Waals surface area contributed by atoms with Crippen molar-refractivity contribution in [2.45, 2.75) is 20.0 Å². The Morgan fingerprint density at radius 3 is 2.68 bits per heavy atom. The first-order chi connectivity index (χ1) is 9.04. The fourth-order valence-electron chi connectivity index (χ4n) is 1.51. The summed E-state index contributed by atoms with van der Waals surface area (Å²) >= 11 is 0. The molecule has 0 atom stereocenters. The average molecular weight is 263 g/mol. The number of aromatic nitrogens is 2. The van der Waals surface area contributed by atoms with Gasteiger partial charge in [-0.1, -0.05) is 0 Å². The Labute approximate surface area is 109 Å². The number of amides is 1. The third-order valence-electron chi connectivity index (χ3n) is 2.31. The highest BCUT2D eigenvalue weighted by molar-refractivity contribution is 5.84. The predicted octanol–water partition coefficient (Wildman–Crippen LogP) is 3.17. The molecule has 0 aliphatic rings. The smallest absolute Gasteiger partial charge is 0.413 e. The lowest BCUT2D eigenvalue weighted by molar-refractivity contribution is 0.130. The normalized spacial score (nSPS) is 10.5. The van der Waals surface area contributed by atoms with E-state index in [1.165, 1.54) is 12.1 Å². The van der Waals surface area contributed by atoms with Crippen LogP contribution in [0.25, 0.3) is 11.3 Å². The summed E-state index contributed by atoms with van der Waals surface area (Å²) in [5.74, 6) is 0.0482. The monoisotopic (exact) mass is 263 g/mol. The molecule has 2 aromatic rings. The molecule has 100 valence electrons. The molecule has 0 aliphatic heterocycles. The van der Waals surface area contributed by atoms with Gasteiger partial charge in [-0.25, -0.2) is 9.18 Å². The number of anilines is 1. The number of aromatic amines is 1. The SMILES string of the molecule is CC(C)OC(=O)Nc1cc(-c2ccc(F)cc2)[nH]n1. The lowest BCUT2D eigenvalue weighted by Crippen LogP contribution is -2.18. The van der Waals surface area contributed by atoms with Gasteiger partial charge in [-0.3, -0.25) is 10.4 Å². The molecule has 0 unspecified atom stereocenters. The molecule has 0 saturated heterocycles. The van der Waals surface area contributed by atoms with Crippen molar-refractivity contribution < 1.29 is 13.9 Å². The number of hydrogen-bond donors (Lipinski definition) is 2. The van der Waals surface area contributed by atoms with Gasteiger partial charge in [0.2, 0.25) is 0 Å². The van der Waals surface area contributed by atoms with E-state index in [0.29, 0.717) is 11.5 Å². The van der Waals surface area contributed by atoms with E-state index in [0.717, 1.165) is 5.56 Å². The van der Waals surface area contributed by atoms with Crippen LogP contribution in [-0.2, 0) is 4.74 Å². The quantitative estimate of drug-likeness (QED) is 0.893. The minimum Gasteiger partial charge on any atom is -0.447 e. The van der Waals surface area contributed by atoms with Gasteiger partial charge in [-0.15, -0.1) is 0 Å². The molecular weight excluding hydrogens is 249 g/mol. The summed E-state index contributed by atoms with van der Waals surface area (Å²) in [7, 11) is 0. The Morgan fingerprint density at radius 1 is 1.37 bits per heavy atom. The molecule has 0 saturated carbocycles. The van der Waals surface area contributed by atoms with Crippen LogP contribution in [0, 0.1) is 5.82 Å². The first-order valence-electron chi connectivity index (χ1n) is 5.83. The van der Waals surface area contributed by atoms with Crippen molar-refractivity contribution in [3.8, 4) is 11.3 Å². The fourth-order valence-corrected chi connectivity index (χ4v) is 1.51. The molecule has 19 heavy (non-hydrogen) atoms. The number of carbonyl (C=O) groups excluding carboxylic acids is 1. The summed E-state index contributed by atoms with van der Waals surface area (Å²) in [5, 5.41) is 9.19. The number of H-pyrrole nitrogens is 1. The van der Waals surface area contributed by atoms with Crippen molar-refractivity contribution in [2.24, 2.45) is 0 Å². The van der Waals surface area contributed by atoms with Gasteiger partial charge in [0, 0.05) is 6.07 Å². The molecule has 2 N–H and O–H groups in total. The Hall–Kier alpha value is -2.37. The molecule has 1 aromatic carbocycles. The number of nitrogens with zero attached hydrogens (tertiary/aromatic N) is 1. The summed E-state index contributed by atoms with van der Waals surface area (Å²) < 4.78 is 17.7. The highest BCUT2D eigenvalue weighted by atomic mass is 19.1. The van der Waals surface area contributed by atoms with Crippen LogP contribution in [0.1, 0.15) is 13.8 Å². The molecule has 2 rings (SSSR count). The van der Waals surface area contributed by atoms with Crippen LogP contribution in [0.2, 0.25) is 0 Å². The zero-order valence-corrected chi connectivity index (χ0v) is 10.6. The minimum absolute atomic E-state index is 0.199. The molecule has 0 bridgehead atoms. The zero-order valence-electron chi connectivity index (χ0n) is 10.6. The van der Waals surface area contributed by atoms with Crippen molar-refractivity contribution in [3.05, 3.63) is 36.1 Å². The van der Waals surface area contributed by atoms with Crippen LogP contribution in [0.4, 0.5) is 15.0 Å². The first-order valence-corrected chi connectivity index (χ1v) is 5.83. The number of benzene rings is 1. The van der Waals surface area contributed by atoms with Gasteiger partial charge in [0.15, 0.2) is 5.82 Å². The molecule has 1 heterocycles. The summed E-state index contributed by atoms with van der Waals surface area (Å²) in [4.78, 5) is 11.4. The highest BCUT2D eigenvalue weighted by Crippen LogP contribution is 2.20. The topological polar surface area (TPSA) is 67.0 Å². The second-order valence-electron chi connectivity index (χ2n) is 4.25. The third-order valence-corrected chi connectivity index (χ3v) is 2.31. The predicted molar refractivity (Wildman–Crippen MR) is 69.2 cm³/mol. The summed E-state index contributed by atoms with van der Waals surface area (Å²) in [6.45, 7) is 3.52. The standard InChI is InChI=1S/C13H14FN3O2/c1-8(2)19-13(18)15-12-7-11(16-17-12)9-3-5-10(14)6-4-9/h3-8H,1-2H3,(H2,15,16,17,18). The maximum atomic E-state index is 12.8. The van der Waals surface area contributed by atoms with Crippen LogP contribution in [0.3, 0.4) is 0 Å². The molecule has 1 aromatic heterocycles. The second-order valence-corrected chi connectivity index (χ2v) is 4.25. The number of rotatable bonds is 3. The molecule has 1 amide bonds. The maximum Gasteiger partial charge on any atom is 0.413 e. The van der Waals surface area contributed by atoms with Crippen LogP contribution >= 0.6 is 0 Å². The zero-order chi connectivity index (χ0) is 13.8. The van der Waals surface area contributed by atoms with Crippen LogP contribution < -0.4 is 5.32 Å². The average Bonchev–Trinajstić information content (AvgIpc) is 2.77. The number of hydrogen-bond acceptors (Lipinski definition) is 3. The van der Waals surface area contributed by atoms with E-state index in [9.17, 15) is 9.18 Å². The van der Waals surface area contributed by atoms with E-state index in [-0.39, 0.29) is 11.9 Å². The van der Waals surface area contributed by atoms with Gasteiger partial charge in [-0.05, 0) is 43.7 Å². The van der Waals surface area contributed by atoms with Gasteiger partial charge < -0.3 is 4.74 Å². The first kappa shape index (κ1) is 13.1. The molecule has 0 spiro atoms. The van der Waals surface area contributed by atoms with E-state index in [2.05, 4.69) is 15.5 Å². The summed E-state index contributed by atoms with van der Waals surface area (Å²) in [6, 6.07) is 7.61. The van der Waals surface area contributed by atoms with Crippen molar-refractivity contribution >= 4 is 11.9 Å². The van der Waals surface area contributed by atoms with Crippen LogP contribution in [0.15, 0.2) is 30.3 Å². The Balaban J connectivity index is 2.07. The Bertz CT molecular complexity index is 564. The van der Waals surface area contributed by atoms with Crippen molar-refractivity contribution in [3.63, 3.8) is 0 Å². The largest absolute Gasteiger partial charge is 0.447 e. The van der Waals surface area contributed by atoms with E-state index < -0.39 is 6.09 Å². The lowest BCUT2D eigenvalue weighted by Gasteiger charge is -2.06. The molecule has 0 aliphatic carbocycles. The van der Waals surface area contributed by atoms with Gasteiger partial charge in [0.1, 0.15) is 5.82 Å². The third kappa shape index (κ3) is 3.54. The van der Waals surface area contributed by atoms with Crippen molar-refractivity contribution in [2.75, 3.05) is 5.32 Å². The maximum absolute atomic E-state index is 12.8. The molecule has 0 radical (unpaired) electrons. The van der Waals surface area contributed by atoms with Gasteiger partial charge in [-0.2, -0.15) is 5.10 Å². The Kier molecular flexibility index (Phi) is 3.79. The van der Waals surface area contributed by atoms with E-state index >= 15 is 0 Å². The number of halogens is 1. The number of carbonyl (C=O) groups is 1. The minimum atomic E-state index is -0.563. The summed E-state index contributed by atoms with van der Waals surface area (Å²) in [6.07, 6.45) is -0.761. The Morgan fingerprint density at radius 2 is 2.05 bits per heavy atom. The molecular formula is C13H14FN3O2. The van der Waals surface area contributed by atoms with Crippen molar-refractivity contribution in [1.29, 1.82) is 0 Å². The van der Waals surface area contributed by atoms with E-state index in [1.54, 1.807) is 32.0 Å². The fraction of sp³-hybridized carbons (Fsp3) is 0.231. The molecule has 6 heteroatoms. The van der Waals surface area contributed by atoms with E-state index in [1.807, 2.05) is 0 Å². The van der Waals surface area contributed by atoms with Gasteiger partial charge in [0.05, 0.1) is 11.8 Å². The van der Waals surface area contributed by atoms with Crippen molar-refractivity contribution in [1.82, 2.24) is 10.2 Å². The van der Waals surface area contributed by atoms with Gasteiger partial charge >= 0.3 is 6.09 Å². The molecule has 0 fully saturated rings. The lowest BCUT2D eigenvalue weighted by atomic mass is 10.1. The van der Waals surface area contributed by atoms with Gasteiger partial charge in [0.25, 0.3) is 0 Å².